The number of nitrogens with one attached hydrogen (secondary N) is 1. The number of hydrogen-bond donors (Lipinski definition) is 1. The first kappa shape index (κ1) is 15.8. The van der Waals surface area contributed by atoms with Gasteiger partial charge >= 0.3 is 0 Å². The highest BCUT2D eigenvalue weighted by Gasteiger charge is 2.13. The summed E-state index contributed by atoms with van der Waals surface area (Å²) in [7, 11) is 0. The van der Waals surface area contributed by atoms with E-state index in [4.69, 9.17) is 0 Å². The van der Waals surface area contributed by atoms with Gasteiger partial charge in [0.2, 0.25) is 0 Å². The quantitative estimate of drug-likeness (QED) is 0.818. The average Bonchev–Trinajstić information content (AvgIpc) is 2.87. The molecule has 0 saturated carbocycles. The van der Waals surface area contributed by atoms with Gasteiger partial charge in [0.1, 0.15) is 0 Å². The van der Waals surface area contributed by atoms with Crippen molar-refractivity contribution in [3.63, 3.8) is 0 Å². The third-order valence-corrected chi connectivity index (χ3v) is 4.22. The van der Waals surface area contributed by atoms with Crippen LogP contribution >= 0.6 is 11.3 Å². The number of nitrogens with zero attached hydrogens (tertiary/aromatic N) is 2. The van der Waals surface area contributed by atoms with Crippen molar-refractivity contribution in [3.8, 4) is 11.3 Å². The van der Waals surface area contributed by atoms with Crippen LogP contribution in [0.2, 0.25) is 0 Å². The molecule has 0 spiro atoms. The molecule has 21 heavy (non-hydrogen) atoms. The number of aryl methyl sites for hydroxylation is 1. The molecule has 1 N–H and O–H groups in total. The molecule has 0 saturated heterocycles. The smallest absolute Gasteiger partial charge is 0.260 e. The van der Waals surface area contributed by atoms with Gasteiger partial charge in [0.15, 0.2) is 5.13 Å². The van der Waals surface area contributed by atoms with Crippen LogP contribution in [-0.4, -0.2) is 16.1 Å². The highest BCUT2D eigenvalue weighted by atomic mass is 32.1. The molecule has 0 radical (unpaired) electrons. The summed E-state index contributed by atoms with van der Waals surface area (Å²) in [4.78, 5) is 17.1. The zero-order chi connectivity index (χ0) is 15.4. The van der Waals surface area contributed by atoms with E-state index in [9.17, 15) is 4.79 Å². The van der Waals surface area contributed by atoms with Crippen molar-refractivity contribution in [2.24, 2.45) is 0 Å². The van der Waals surface area contributed by atoms with Crippen molar-refractivity contribution in [1.29, 1.82) is 0 Å². The van der Waals surface area contributed by atoms with Crippen LogP contribution in [0.15, 0.2) is 22.3 Å². The van der Waals surface area contributed by atoms with Gasteiger partial charge in [0, 0.05) is 23.7 Å². The fourth-order valence-electron chi connectivity index (χ4n) is 2.33. The number of hydrogen-bond acceptors (Lipinski definition) is 4. The summed E-state index contributed by atoms with van der Waals surface area (Å²) >= 11 is 1.55. The van der Waals surface area contributed by atoms with Gasteiger partial charge in [-0.3, -0.25) is 4.79 Å². The summed E-state index contributed by atoms with van der Waals surface area (Å²) < 4.78 is 1.82. The standard InChI is InChI=1S/C16H23N3OS/c1-5-6-9-17-16-18-14(10-21-16)13-8-7-12(4)19(11(2)3)15(13)20/h7-8,10-11H,5-6,9H2,1-4H3,(H,17,18). The first-order valence-corrected chi connectivity index (χ1v) is 8.34. The third-order valence-electron chi connectivity index (χ3n) is 3.42. The van der Waals surface area contributed by atoms with E-state index in [1.807, 2.05) is 42.9 Å². The lowest BCUT2D eigenvalue weighted by atomic mass is 10.2. The van der Waals surface area contributed by atoms with E-state index in [1.54, 1.807) is 11.3 Å². The second-order valence-corrected chi connectivity index (χ2v) is 6.33. The van der Waals surface area contributed by atoms with Gasteiger partial charge in [-0.2, -0.15) is 0 Å². The number of thiazole rings is 1. The van der Waals surface area contributed by atoms with E-state index in [2.05, 4.69) is 17.2 Å². The van der Waals surface area contributed by atoms with Gasteiger partial charge in [-0.15, -0.1) is 11.3 Å². The van der Waals surface area contributed by atoms with Crippen LogP contribution in [0.3, 0.4) is 0 Å². The molecule has 0 aliphatic carbocycles. The van der Waals surface area contributed by atoms with Gasteiger partial charge in [0.05, 0.1) is 11.3 Å². The maximum Gasteiger partial charge on any atom is 0.260 e. The van der Waals surface area contributed by atoms with E-state index < -0.39 is 0 Å². The van der Waals surface area contributed by atoms with Gasteiger partial charge in [-0.05, 0) is 39.3 Å². The SMILES string of the molecule is CCCCNc1nc(-c2ccc(C)n(C(C)C)c2=O)cs1. The molecule has 2 heterocycles. The number of unbranched alkanes of at least 4 members (excludes halogenated alkanes) is 1. The van der Waals surface area contributed by atoms with Crippen molar-refractivity contribution in [2.75, 3.05) is 11.9 Å². The maximum absolute atomic E-state index is 12.6. The molecule has 0 amide bonds. The van der Waals surface area contributed by atoms with Crippen molar-refractivity contribution in [3.05, 3.63) is 33.6 Å². The monoisotopic (exact) mass is 305 g/mol. The zero-order valence-corrected chi connectivity index (χ0v) is 14.0. The Bertz CT molecular complexity index is 658. The van der Waals surface area contributed by atoms with E-state index in [0.29, 0.717) is 5.56 Å². The lowest BCUT2D eigenvalue weighted by Gasteiger charge is -2.14. The summed E-state index contributed by atoms with van der Waals surface area (Å²) in [6, 6.07) is 4.01. The van der Waals surface area contributed by atoms with Crippen molar-refractivity contribution in [2.45, 2.75) is 46.6 Å². The van der Waals surface area contributed by atoms with Gasteiger partial charge in [-0.25, -0.2) is 4.98 Å². The highest BCUT2D eigenvalue weighted by molar-refractivity contribution is 7.14. The van der Waals surface area contributed by atoms with Crippen LogP contribution in [0.1, 0.15) is 45.3 Å². The lowest BCUT2D eigenvalue weighted by Crippen LogP contribution is -2.25. The maximum atomic E-state index is 12.6. The van der Waals surface area contributed by atoms with E-state index >= 15 is 0 Å². The van der Waals surface area contributed by atoms with Crippen LogP contribution in [0.5, 0.6) is 0 Å². The van der Waals surface area contributed by atoms with Crippen molar-refractivity contribution < 1.29 is 0 Å². The number of aromatic nitrogens is 2. The minimum absolute atomic E-state index is 0.0374. The summed E-state index contributed by atoms with van der Waals surface area (Å²) in [5, 5.41) is 6.14. The Morgan fingerprint density at radius 3 is 2.81 bits per heavy atom. The summed E-state index contributed by atoms with van der Waals surface area (Å²) in [6.07, 6.45) is 2.28. The molecule has 2 aromatic rings. The molecule has 0 bridgehead atoms. The van der Waals surface area contributed by atoms with E-state index in [1.165, 1.54) is 0 Å². The van der Waals surface area contributed by atoms with Gasteiger partial charge in [0.25, 0.3) is 5.56 Å². The molecule has 0 fully saturated rings. The predicted molar refractivity (Wildman–Crippen MR) is 90.3 cm³/mol. The minimum Gasteiger partial charge on any atom is -0.362 e. The predicted octanol–water partition coefficient (Wildman–Crippen LogP) is 4.07. The molecule has 0 aliphatic rings. The number of anilines is 1. The fourth-order valence-corrected chi connectivity index (χ4v) is 3.07. The summed E-state index contributed by atoms with van der Waals surface area (Å²) in [5.41, 5.74) is 2.46. The molecular formula is C16H23N3OS. The summed E-state index contributed by atoms with van der Waals surface area (Å²) in [5.74, 6) is 0. The topological polar surface area (TPSA) is 46.9 Å². The Balaban J connectivity index is 2.31. The van der Waals surface area contributed by atoms with Gasteiger partial charge in [-0.1, -0.05) is 13.3 Å². The number of pyridine rings is 1. The second kappa shape index (κ2) is 6.89. The third kappa shape index (κ3) is 3.53. The highest BCUT2D eigenvalue weighted by Crippen LogP contribution is 2.23. The molecule has 0 unspecified atom stereocenters. The van der Waals surface area contributed by atoms with Crippen molar-refractivity contribution >= 4 is 16.5 Å². The molecular weight excluding hydrogens is 282 g/mol. The molecule has 114 valence electrons. The lowest BCUT2D eigenvalue weighted by molar-refractivity contribution is 0.564. The van der Waals surface area contributed by atoms with E-state index in [0.717, 1.165) is 35.9 Å². The number of rotatable bonds is 6. The van der Waals surface area contributed by atoms with Crippen molar-refractivity contribution in [1.82, 2.24) is 9.55 Å². The Kier molecular flexibility index (Phi) is 5.17. The molecule has 2 rings (SSSR count). The first-order chi connectivity index (χ1) is 10.0. The zero-order valence-electron chi connectivity index (χ0n) is 13.1. The fraction of sp³-hybridized carbons (Fsp3) is 0.500. The van der Waals surface area contributed by atoms with Crippen LogP contribution in [0.25, 0.3) is 11.3 Å². The Labute approximate surface area is 129 Å². The molecule has 4 nitrogen and oxygen atoms in total. The molecule has 0 atom stereocenters. The van der Waals surface area contributed by atoms with Crippen LogP contribution in [0, 0.1) is 6.92 Å². The average molecular weight is 305 g/mol. The normalized spacial score (nSPS) is 11.1. The van der Waals surface area contributed by atoms with Crippen LogP contribution in [-0.2, 0) is 0 Å². The Morgan fingerprint density at radius 2 is 2.14 bits per heavy atom. The summed E-state index contributed by atoms with van der Waals surface area (Å²) in [6.45, 7) is 9.10. The molecule has 5 heteroatoms. The van der Waals surface area contributed by atoms with Crippen LogP contribution in [0.4, 0.5) is 5.13 Å². The second-order valence-electron chi connectivity index (χ2n) is 5.48. The Morgan fingerprint density at radius 1 is 1.38 bits per heavy atom. The molecule has 0 aliphatic heterocycles. The van der Waals surface area contributed by atoms with Gasteiger partial charge < -0.3 is 9.88 Å². The van der Waals surface area contributed by atoms with Crippen LogP contribution < -0.4 is 10.9 Å². The Hall–Kier alpha value is -1.62. The molecule has 2 aromatic heterocycles. The first-order valence-electron chi connectivity index (χ1n) is 7.46. The van der Waals surface area contributed by atoms with E-state index in [-0.39, 0.29) is 11.6 Å². The largest absolute Gasteiger partial charge is 0.362 e. The molecule has 0 aromatic carbocycles. The minimum atomic E-state index is 0.0374.